The number of carbonyl (C=O) groups excluding carboxylic acids is 1. The lowest BCUT2D eigenvalue weighted by molar-refractivity contribution is -0.149. The topological polar surface area (TPSA) is 57.6 Å². The zero-order chi connectivity index (χ0) is 13.2. The molecule has 1 fully saturated rings. The fourth-order valence-electron chi connectivity index (χ4n) is 2.83. The van der Waals surface area contributed by atoms with Gasteiger partial charge >= 0.3 is 5.97 Å². The molecule has 1 aliphatic rings. The zero-order valence-corrected chi connectivity index (χ0v) is 11.1. The molecular formula is C13H23NO3. The van der Waals surface area contributed by atoms with Gasteiger partial charge in [0.05, 0.1) is 11.8 Å². The van der Waals surface area contributed by atoms with Crippen LogP contribution in [0.3, 0.4) is 0 Å². The Balaban J connectivity index is 2.83. The molecule has 98 valence electrons. The standard InChI is InChI=1S/C13H23NO3/c1-5-14(8(2)3)12(15)10-6-9(4)7-11(10)13(16)17/h8-11H,5-7H2,1-4H3,(H,16,17). The highest BCUT2D eigenvalue weighted by Crippen LogP contribution is 2.37. The van der Waals surface area contributed by atoms with Crippen LogP contribution in [0.25, 0.3) is 0 Å². The molecule has 0 heterocycles. The van der Waals surface area contributed by atoms with Crippen LogP contribution in [-0.4, -0.2) is 34.5 Å². The van der Waals surface area contributed by atoms with E-state index in [0.29, 0.717) is 25.3 Å². The van der Waals surface area contributed by atoms with Crippen molar-refractivity contribution in [3.63, 3.8) is 0 Å². The number of rotatable bonds is 4. The van der Waals surface area contributed by atoms with Gasteiger partial charge in [-0.2, -0.15) is 0 Å². The second-order valence-corrected chi connectivity index (χ2v) is 5.35. The van der Waals surface area contributed by atoms with Crippen LogP contribution in [0.15, 0.2) is 0 Å². The summed E-state index contributed by atoms with van der Waals surface area (Å²) in [5.74, 6) is -1.31. The molecule has 0 aromatic rings. The molecule has 17 heavy (non-hydrogen) atoms. The maximum absolute atomic E-state index is 12.3. The summed E-state index contributed by atoms with van der Waals surface area (Å²) < 4.78 is 0. The van der Waals surface area contributed by atoms with E-state index in [1.165, 1.54) is 0 Å². The molecule has 4 nitrogen and oxygen atoms in total. The van der Waals surface area contributed by atoms with E-state index in [1.807, 2.05) is 27.7 Å². The molecule has 0 aromatic carbocycles. The van der Waals surface area contributed by atoms with E-state index in [0.717, 1.165) is 0 Å². The summed E-state index contributed by atoms with van der Waals surface area (Å²) in [6, 6.07) is 0.137. The van der Waals surface area contributed by atoms with Crippen LogP contribution >= 0.6 is 0 Å². The van der Waals surface area contributed by atoms with E-state index in [1.54, 1.807) is 4.90 Å². The summed E-state index contributed by atoms with van der Waals surface area (Å²) in [6.07, 6.45) is 1.33. The molecule has 1 amide bonds. The average molecular weight is 241 g/mol. The van der Waals surface area contributed by atoms with Crippen LogP contribution in [0.4, 0.5) is 0 Å². The van der Waals surface area contributed by atoms with E-state index in [2.05, 4.69) is 0 Å². The van der Waals surface area contributed by atoms with Crippen molar-refractivity contribution in [1.82, 2.24) is 4.90 Å². The van der Waals surface area contributed by atoms with Crippen molar-refractivity contribution < 1.29 is 14.7 Å². The molecule has 0 spiro atoms. The molecule has 0 bridgehead atoms. The number of aliphatic carboxylic acids is 1. The summed E-state index contributed by atoms with van der Waals surface area (Å²) in [4.78, 5) is 25.3. The summed E-state index contributed by atoms with van der Waals surface area (Å²) in [5, 5.41) is 9.17. The third kappa shape index (κ3) is 2.99. The van der Waals surface area contributed by atoms with Gasteiger partial charge in [0.15, 0.2) is 0 Å². The number of carboxylic acids is 1. The van der Waals surface area contributed by atoms with Gasteiger partial charge in [-0.1, -0.05) is 6.92 Å². The molecule has 0 saturated heterocycles. The minimum atomic E-state index is -0.826. The van der Waals surface area contributed by atoms with E-state index < -0.39 is 11.9 Å². The van der Waals surface area contributed by atoms with Gasteiger partial charge in [0, 0.05) is 12.6 Å². The molecule has 0 aromatic heterocycles. The zero-order valence-electron chi connectivity index (χ0n) is 11.1. The Hall–Kier alpha value is -1.06. The first kappa shape index (κ1) is 14.0. The number of hydrogen-bond acceptors (Lipinski definition) is 2. The maximum atomic E-state index is 12.3. The smallest absolute Gasteiger partial charge is 0.307 e. The van der Waals surface area contributed by atoms with Crippen LogP contribution in [0, 0.1) is 17.8 Å². The molecule has 0 aliphatic heterocycles. The van der Waals surface area contributed by atoms with Gasteiger partial charge in [0.2, 0.25) is 5.91 Å². The molecule has 4 heteroatoms. The quantitative estimate of drug-likeness (QED) is 0.819. The molecule has 1 saturated carbocycles. The Morgan fingerprint density at radius 1 is 1.29 bits per heavy atom. The second-order valence-electron chi connectivity index (χ2n) is 5.35. The normalized spacial score (nSPS) is 28.4. The molecule has 1 aliphatic carbocycles. The number of nitrogens with zero attached hydrogens (tertiary/aromatic N) is 1. The van der Waals surface area contributed by atoms with Gasteiger partial charge in [0.25, 0.3) is 0 Å². The third-order valence-corrected chi connectivity index (χ3v) is 3.68. The SMILES string of the molecule is CCN(C(=O)C1CC(C)CC1C(=O)O)C(C)C. The molecule has 3 atom stereocenters. The van der Waals surface area contributed by atoms with E-state index in [9.17, 15) is 14.7 Å². The fraction of sp³-hybridized carbons (Fsp3) is 0.846. The average Bonchev–Trinajstić information content (AvgIpc) is 2.60. The summed E-state index contributed by atoms with van der Waals surface area (Å²) in [7, 11) is 0. The van der Waals surface area contributed by atoms with Crippen molar-refractivity contribution in [2.75, 3.05) is 6.54 Å². The summed E-state index contributed by atoms with van der Waals surface area (Å²) >= 11 is 0. The third-order valence-electron chi connectivity index (χ3n) is 3.68. The van der Waals surface area contributed by atoms with Gasteiger partial charge < -0.3 is 10.0 Å². The summed E-state index contributed by atoms with van der Waals surface area (Å²) in [5.41, 5.74) is 0. The lowest BCUT2D eigenvalue weighted by atomic mass is 9.94. The Morgan fingerprint density at radius 3 is 2.24 bits per heavy atom. The molecular weight excluding hydrogens is 218 g/mol. The van der Waals surface area contributed by atoms with Crippen LogP contribution in [0.1, 0.15) is 40.5 Å². The van der Waals surface area contributed by atoms with E-state index in [-0.39, 0.29) is 17.9 Å². The van der Waals surface area contributed by atoms with Crippen molar-refractivity contribution in [3.8, 4) is 0 Å². The van der Waals surface area contributed by atoms with Crippen molar-refractivity contribution in [2.45, 2.75) is 46.6 Å². The minimum absolute atomic E-state index is 0.0132. The first-order chi connectivity index (χ1) is 7.88. The molecule has 1 N–H and O–H groups in total. The lowest BCUT2D eigenvalue weighted by Gasteiger charge is -2.29. The molecule has 1 rings (SSSR count). The Labute approximate surface area is 103 Å². The van der Waals surface area contributed by atoms with Crippen LogP contribution in [-0.2, 0) is 9.59 Å². The minimum Gasteiger partial charge on any atom is -0.481 e. The van der Waals surface area contributed by atoms with Gasteiger partial charge in [0.1, 0.15) is 0 Å². The van der Waals surface area contributed by atoms with Crippen molar-refractivity contribution in [2.24, 2.45) is 17.8 Å². The molecule has 3 unspecified atom stereocenters. The number of carbonyl (C=O) groups is 2. The van der Waals surface area contributed by atoms with Gasteiger partial charge in [-0.3, -0.25) is 9.59 Å². The first-order valence-electron chi connectivity index (χ1n) is 6.41. The number of amides is 1. The van der Waals surface area contributed by atoms with Gasteiger partial charge in [-0.05, 0) is 39.5 Å². The lowest BCUT2D eigenvalue weighted by Crippen LogP contribution is -2.42. The predicted octanol–water partition coefficient (Wildman–Crippen LogP) is 1.99. The Bertz CT molecular complexity index is 301. The fourth-order valence-corrected chi connectivity index (χ4v) is 2.83. The van der Waals surface area contributed by atoms with Gasteiger partial charge in [-0.25, -0.2) is 0 Å². The Morgan fingerprint density at radius 2 is 1.82 bits per heavy atom. The second kappa shape index (κ2) is 5.52. The first-order valence-corrected chi connectivity index (χ1v) is 6.41. The highest BCUT2D eigenvalue weighted by Gasteiger charge is 2.42. The Kier molecular flexibility index (Phi) is 4.54. The number of hydrogen-bond donors (Lipinski definition) is 1. The highest BCUT2D eigenvalue weighted by atomic mass is 16.4. The maximum Gasteiger partial charge on any atom is 0.307 e. The van der Waals surface area contributed by atoms with E-state index >= 15 is 0 Å². The highest BCUT2D eigenvalue weighted by molar-refractivity contribution is 5.85. The number of carboxylic acid groups (broad SMARTS) is 1. The van der Waals surface area contributed by atoms with Crippen molar-refractivity contribution >= 4 is 11.9 Å². The van der Waals surface area contributed by atoms with Crippen molar-refractivity contribution in [3.05, 3.63) is 0 Å². The van der Waals surface area contributed by atoms with Crippen LogP contribution < -0.4 is 0 Å². The predicted molar refractivity (Wildman–Crippen MR) is 65.5 cm³/mol. The summed E-state index contributed by atoms with van der Waals surface area (Å²) in [6.45, 7) is 8.54. The molecule has 0 radical (unpaired) electrons. The van der Waals surface area contributed by atoms with E-state index in [4.69, 9.17) is 0 Å². The van der Waals surface area contributed by atoms with Crippen molar-refractivity contribution in [1.29, 1.82) is 0 Å². The van der Waals surface area contributed by atoms with Crippen LogP contribution in [0.5, 0.6) is 0 Å². The largest absolute Gasteiger partial charge is 0.481 e. The van der Waals surface area contributed by atoms with Gasteiger partial charge in [-0.15, -0.1) is 0 Å². The van der Waals surface area contributed by atoms with Crippen LogP contribution in [0.2, 0.25) is 0 Å². The monoisotopic (exact) mass is 241 g/mol.